The summed E-state index contributed by atoms with van der Waals surface area (Å²) in [7, 11) is -4.13. The molecule has 0 aromatic heterocycles. The van der Waals surface area contributed by atoms with Crippen LogP contribution in [0.15, 0.2) is 0 Å². The third-order valence-corrected chi connectivity index (χ3v) is 4.74. The van der Waals surface area contributed by atoms with Crippen LogP contribution in [0.4, 0.5) is 0 Å². The van der Waals surface area contributed by atoms with E-state index in [1.807, 2.05) is 6.92 Å². The molecule has 0 saturated heterocycles. The van der Waals surface area contributed by atoms with E-state index in [2.05, 4.69) is 6.92 Å². The summed E-state index contributed by atoms with van der Waals surface area (Å²) in [6, 6.07) is 0. The Hall–Kier alpha value is 1.51. The summed E-state index contributed by atoms with van der Waals surface area (Å²) in [4.78, 5) is 0. The van der Waals surface area contributed by atoms with Crippen molar-refractivity contribution < 1.29 is 69.5 Å². The number of unbranched alkanes of at least 4 members (excludes halogenated alkanes) is 3. The van der Waals surface area contributed by atoms with Crippen molar-refractivity contribution in [2.45, 2.75) is 89.4 Å². The second kappa shape index (κ2) is 14.1. The topological polar surface area (TPSA) is 77.4 Å². The number of rotatable bonds is 12. The average Bonchev–Trinajstić information content (AvgIpc) is 2.31. The predicted octanol–water partition coefficient (Wildman–Crippen LogP) is 0.206. The molecule has 0 aromatic rings. The zero-order valence-electron chi connectivity index (χ0n) is 13.3. The van der Waals surface area contributed by atoms with E-state index >= 15 is 0 Å². The van der Waals surface area contributed by atoms with Crippen molar-refractivity contribution in [3.8, 4) is 0 Å². The van der Waals surface area contributed by atoms with Gasteiger partial charge in [0.25, 0.3) is 0 Å². The van der Waals surface area contributed by atoms with E-state index in [-0.39, 0.29) is 57.5 Å². The fourth-order valence-corrected chi connectivity index (χ4v) is 3.32. The molecule has 1 N–H and O–H groups in total. The molecule has 0 spiro atoms. The molecule has 6 heteroatoms. The van der Waals surface area contributed by atoms with Crippen LogP contribution in [0.2, 0.25) is 0 Å². The fraction of sp³-hybridized carbons (Fsp3) is 1.00. The first-order valence-corrected chi connectivity index (χ1v) is 9.01. The fourth-order valence-electron chi connectivity index (χ4n) is 2.34. The number of aliphatic hydroxyl groups is 1. The van der Waals surface area contributed by atoms with Crippen LogP contribution >= 0.6 is 0 Å². The Morgan fingerprint density at radius 1 is 0.900 bits per heavy atom. The van der Waals surface area contributed by atoms with Gasteiger partial charge in [-0.3, -0.25) is 0 Å². The third kappa shape index (κ3) is 13.2. The van der Waals surface area contributed by atoms with E-state index in [0.717, 1.165) is 51.4 Å². The van der Waals surface area contributed by atoms with Gasteiger partial charge in [0, 0.05) is 5.25 Å². The van der Waals surface area contributed by atoms with Gasteiger partial charge in [0.05, 0.1) is 16.2 Å². The minimum absolute atomic E-state index is 0. The summed E-state index contributed by atoms with van der Waals surface area (Å²) in [5, 5.41) is 8.84. The largest absolute Gasteiger partial charge is 1.00 e. The monoisotopic (exact) mass is 332 g/mol. The normalized spacial score (nSPS) is 14.6. The molecule has 116 valence electrons. The van der Waals surface area contributed by atoms with E-state index in [1.165, 1.54) is 0 Å². The van der Waals surface area contributed by atoms with E-state index in [0.29, 0.717) is 12.8 Å². The first kappa shape index (κ1) is 23.8. The molecule has 0 aliphatic carbocycles. The molecule has 0 aliphatic heterocycles. The Labute approximate surface area is 167 Å². The van der Waals surface area contributed by atoms with Crippen LogP contribution in [0, 0.1) is 0 Å². The Morgan fingerprint density at radius 2 is 1.40 bits per heavy atom. The quantitative estimate of drug-likeness (QED) is 0.315. The molecule has 0 saturated carbocycles. The molecule has 2 unspecified atom stereocenters. The van der Waals surface area contributed by atoms with Gasteiger partial charge in [-0.1, -0.05) is 52.4 Å². The first-order chi connectivity index (χ1) is 8.91. The summed E-state index contributed by atoms with van der Waals surface area (Å²) in [5.74, 6) is 0. The van der Waals surface area contributed by atoms with Crippen LogP contribution in [0.5, 0.6) is 0 Å². The van der Waals surface area contributed by atoms with E-state index in [4.69, 9.17) is 0 Å². The van der Waals surface area contributed by atoms with Crippen LogP contribution in [-0.2, 0) is 10.1 Å². The van der Waals surface area contributed by atoms with Gasteiger partial charge in [-0.15, -0.1) is 0 Å². The molecule has 20 heavy (non-hydrogen) atoms. The molecular weight excluding hydrogens is 303 g/mol. The van der Waals surface area contributed by atoms with Crippen LogP contribution in [0.25, 0.3) is 0 Å². The summed E-state index contributed by atoms with van der Waals surface area (Å²) in [6.07, 6.45) is 7.88. The van der Waals surface area contributed by atoms with Crippen molar-refractivity contribution in [2.24, 2.45) is 0 Å². The smallest absolute Gasteiger partial charge is 0.748 e. The van der Waals surface area contributed by atoms with Gasteiger partial charge in [-0.25, -0.2) is 8.42 Å². The molecule has 0 heterocycles. The second-order valence-corrected chi connectivity index (χ2v) is 6.99. The summed E-state index contributed by atoms with van der Waals surface area (Å²) < 4.78 is 33.0. The second-order valence-electron chi connectivity index (χ2n) is 5.34. The Bertz CT molecular complexity index is 306. The Kier molecular flexibility index (Phi) is 16.8. The molecule has 4 nitrogen and oxygen atoms in total. The number of hydrogen-bond acceptors (Lipinski definition) is 4. The molecule has 2 atom stereocenters. The molecule has 0 aromatic carbocycles. The van der Waals surface area contributed by atoms with Crippen molar-refractivity contribution >= 4 is 10.1 Å². The molecule has 0 amide bonds. The Morgan fingerprint density at radius 3 is 1.85 bits per heavy atom. The summed E-state index contributed by atoms with van der Waals surface area (Å²) in [5.41, 5.74) is 0. The maximum Gasteiger partial charge on any atom is 1.00 e. The summed E-state index contributed by atoms with van der Waals surface area (Å²) >= 11 is 0. The number of hydrogen-bond donors (Lipinski definition) is 1. The van der Waals surface area contributed by atoms with Crippen LogP contribution in [0.3, 0.4) is 0 Å². The zero-order chi connectivity index (χ0) is 14.7. The maximum absolute atomic E-state index is 11.0. The molecule has 0 fully saturated rings. The van der Waals surface area contributed by atoms with E-state index in [1.54, 1.807) is 0 Å². The van der Waals surface area contributed by atoms with Crippen molar-refractivity contribution in [2.75, 3.05) is 0 Å². The van der Waals surface area contributed by atoms with Crippen molar-refractivity contribution in [1.29, 1.82) is 0 Å². The van der Waals surface area contributed by atoms with Crippen molar-refractivity contribution in [1.82, 2.24) is 0 Å². The van der Waals surface area contributed by atoms with Gasteiger partial charge in [0.2, 0.25) is 0 Å². The molecule has 0 rings (SSSR count). The van der Waals surface area contributed by atoms with Crippen molar-refractivity contribution in [3.63, 3.8) is 0 Å². The predicted molar refractivity (Wildman–Crippen MR) is 77.0 cm³/mol. The standard InChI is InChI=1S/C14H30O4S.K/c1-3-9-13(15)11-7-5-6-8-12-14(10-4-2)19(16,17)18;/h13-15H,3-12H2,1-2H3,(H,16,17,18);/q;+1/p-1. The van der Waals surface area contributed by atoms with Gasteiger partial charge in [-0.2, -0.15) is 0 Å². The third-order valence-electron chi connectivity index (χ3n) is 3.45. The average molecular weight is 333 g/mol. The molecule has 0 bridgehead atoms. The minimum Gasteiger partial charge on any atom is -0.748 e. The maximum atomic E-state index is 11.0. The van der Waals surface area contributed by atoms with Gasteiger partial charge in [0.1, 0.15) is 0 Å². The Balaban J connectivity index is 0. The van der Waals surface area contributed by atoms with Crippen molar-refractivity contribution in [3.05, 3.63) is 0 Å². The SMILES string of the molecule is CCCC(O)CCCCCCC(CCC)S(=O)(=O)[O-].[K+]. The van der Waals surface area contributed by atoms with Gasteiger partial charge >= 0.3 is 51.4 Å². The zero-order valence-corrected chi connectivity index (χ0v) is 17.2. The molecule has 0 aliphatic rings. The first-order valence-electron chi connectivity index (χ1n) is 7.54. The van der Waals surface area contributed by atoms with Gasteiger partial charge in [-0.05, 0) is 25.7 Å². The van der Waals surface area contributed by atoms with Gasteiger partial charge < -0.3 is 9.66 Å². The molecule has 0 radical (unpaired) electrons. The van der Waals surface area contributed by atoms with E-state index in [9.17, 15) is 18.1 Å². The molecular formula is C14H29KO4S. The van der Waals surface area contributed by atoms with Crippen LogP contribution < -0.4 is 51.4 Å². The summed E-state index contributed by atoms with van der Waals surface area (Å²) in [6.45, 7) is 3.95. The van der Waals surface area contributed by atoms with Gasteiger partial charge in [0.15, 0.2) is 0 Å². The van der Waals surface area contributed by atoms with Crippen LogP contribution in [-0.4, -0.2) is 29.4 Å². The minimum atomic E-state index is -4.13. The van der Waals surface area contributed by atoms with E-state index < -0.39 is 15.4 Å². The number of aliphatic hydroxyl groups excluding tert-OH is 1. The van der Waals surface area contributed by atoms with Crippen LogP contribution in [0.1, 0.15) is 78.1 Å².